The van der Waals surface area contributed by atoms with Crippen LogP contribution in [0, 0.1) is 21.7 Å². The quantitative estimate of drug-likeness (QED) is 0.629. The monoisotopic (exact) mass is 285 g/mol. The van der Waals surface area contributed by atoms with Crippen molar-refractivity contribution in [1.82, 2.24) is 4.90 Å². The smallest absolute Gasteiger partial charge is 0.275 e. The summed E-state index contributed by atoms with van der Waals surface area (Å²) in [6.45, 7) is 3.95. The molecule has 0 N–H and O–H groups in total. The van der Waals surface area contributed by atoms with Gasteiger partial charge in [-0.3, -0.25) is 10.1 Å². The molecule has 1 atom stereocenters. The maximum absolute atomic E-state index is 13.9. The third-order valence-electron chi connectivity index (χ3n) is 3.81. The van der Waals surface area contributed by atoms with E-state index in [2.05, 4.69) is 4.90 Å². The number of non-ortho nitro benzene ring substituents is 1. The highest BCUT2D eigenvalue weighted by Crippen LogP contribution is 2.31. The fourth-order valence-corrected chi connectivity index (χ4v) is 2.52. The molecular weight excluding hydrogens is 268 g/mol. The number of nitro groups is 1. The lowest BCUT2D eigenvalue weighted by atomic mass is 10.2. The third-order valence-corrected chi connectivity index (χ3v) is 3.81. The molecule has 2 rings (SSSR count). The number of nitrogens with zero attached hydrogens (tertiary/aromatic N) is 3. The number of rotatable bonds is 4. The zero-order valence-electron chi connectivity index (χ0n) is 11.5. The van der Waals surface area contributed by atoms with E-state index in [1.165, 1.54) is 0 Å². The van der Waals surface area contributed by atoms with E-state index in [0.717, 1.165) is 25.1 Å². The minimum atomic E-state index is -0.878. The predicted molar refractivity (Wildman–Crippen MR) is 71.9 cm³/mol. The lowest BCUT2D eigenvalue weighted by molar-refractivity contribution is -0.385. The van der Waals surface area contributed by atoms with Crippen molar-refractivity contribution in [1.29, 1.82) is 0 Å². The van der Waals surface area contributed by atoms with Crippen LogP contribution in [0.15, 0.2) is 12.1 Å². The molecule has 20 heavy (non-hydrogen) atoms. The van der Waals surface area contributed by atoms with Crippen LogP contribution in [0.25, 0.3) is 0 Å². The van der Waals surface area contributed by atoms with E-state index in [9.17, 15) is 18.9 Å². The molecule has 1 aromatic rings. The first-order valence-electron chi connectivity index (χ1n) is 6.52. The van der Waals surface area contributed by atoms with Gasteiger partial charge in [0.15, 0.2) is 11.6 Å². The van der Waals surface area contributed by atoms with E-state index in [1.54, 1.807) is 4.90 Å². The van der Waals surface area contributed by atoms with Crippen LogP contribution in [0.1, 0.15) is 13.3 Å². The minimum absolute atomic E-state index is 0.164. The Morgan fingerprint density at radius 2 is 2.05 bits per heavy atom. The van der Waals surface area contributed by atoms with Crippen molar-refractivity contribution in [3.63, 3.8) is 0 Å². The number of halogens is 2. The molecule has 0 aliphatic carbocycles. The van der Waals surface area contributed by atoms with Crippen LogP contribution in [0.4, 0.5) is 20.2 Å². The summed E-state index contributed by atoms with van der Waals surface area (Å²) in [6, 6.07) is 1.79. The number of nitro benzene ring substituents is 1. The van der Waals surface area contributed by atoms with E-state index in [-0.39, 0.29) is 11.7 Å². The van der Waals surface area contributed by atoms with Gasteiger partial charge in [-0.1, -0.05) is 6.92 Å². The number of anilines is 1. The number of benzene rings is 1. The average molecular weight is 285 g/mol. The van der Waals surface area contributed by atoms with Gasteiger partial charge in [-0.2, -0.15) is 0 Å². The van der Waals surface area contributed by atoms with Crippen molar-refractivity contribution in [2.45, 2.75) is 19.4 Å². The standard InChI is InChI=1S/C13H17F2N3O2/c1-3-16(2)9-4-5-17(8-9)13-11(14)6-10(18(19)20)7-12(13)15/h6-7,9H,3-5,8H2,1-2H3. The van der Waals surface area contributed by atoms with Gasteiger partial charge in [-0.05, 0) is 20.0 Å². The van der Waals surface area contributed by atoms with Gasteiger partial charge in [0.1, 0.15) is 5.69 Å². The molecule has 0 amide bonds. The maximum Gasteiger partial charge on any atom is 0.275 e. The fraction of sp³-hybridized carbons (Fsp3) is 0.538. The Morgan fingerprint density at radius 3 is 2.55 bits per heavy atom. The number of likely N-dealkylation sites (N-methyl/N-ethyl adjacent to an activating group) is 1. The number of hydrogen-bond acceptors (Lipinski definition) is 4. The van der Waals surface area contributed by atoms with Gasteiger partial charge in [0.2, 0.25) is 0 Å². The molecule has 1 aliphatic heterocycles. The Morgan fingerprint density at radius 1 is 1.45 bits per heavy atom. The molecule has 1 aliphatic rings. The zero-order chi connectivity index (χ0) is 14.9. The van der Waals surface area contributed by atoms with Crippen LogP contribution in [0.2, 0.25) is 0 Å². The van der Waals surface area contributed by atoms with Crippen LogP contribution in [-0.4, -0.2) is 42.5 Å². The summed E-state index contributed by atoms with van der Waals surface area (Å²) in [5.41, 5.74) is -0.729. The third kappa shape index (κ3) is 2.72. The normalized spacial score (nSPS) is 18.9. The molecule has 5 nitrogen and oxygen atoms in total. The lowest BCUT2D eigenvalue weighted by Crippen LogP contribution is -2.34. The lowest BCUT2D eigenvalue weighted by Gasteiger charge is -2.24. The van der Waals surface area contributed by atoms with Gasteiger partial charge in [0, 0.05) is 19.1 Å². The van der Waals surface area contributed by atoms with Gasteiger partial charge in [0.05, 0.1) is 17.1 Å². The van der Waals surface area contributed by atoms with E-state index < -0.39 is 22.2 Å². The molecule has 0 saturated carbocycles. The van der Waals surface area contributed by atoms with Gasteiger partial charge in [-0.25, -0.2) is 8.78 Å². The molecule has 0 spiro atoms. The Bertz CT molecular complexity index is 501. The molecule has 110 valence electrons. The van der Waals surface area contributed by atoms with Crippen molar-refractivity contribution in [3.8, 4) is 0 Å². The summed E-state index contributed by atoms with van der Waals surface area (Å²) in [5, 5.41) is 10.6. The Kier molecular flexibility index (Phi) is 4.17. The van der Waals surface area contributed by atoms with Gasteiger partial charge < -0.3 is 9.80 Å². The Balaban J connectivity index is 2.24. The van der Waals surface area contributed by atoms with Crippen LogP contribution in [-0.2, 0) is 0 Å². The summed E-state index contributed by atoms with van der Waals surface area (Å²) >= 11 is 0. The van der Waals surface area contributed by atoms with E-state index in [0.29, 0.717) is 13.1 Å². The molecule has 1 fully saturated rings. The predicted octanol–water partition coefficient (Wildman–Crippen LogP) is 2.40. The molecule has 1 saturated heterocycles. The second-order valence-electron chi connectivity index (χ2n) is 4.98. The maximum atomic E-state index is 13.9. The van der Waals surface area contributed by atoms with Crippen molar-refractivity contribution in [2.75, 3.05) is 31.6 Å². The van der Waals surface area contributed by atoms with Crippen LogP contribution in [0.5, 0.6) is 0 Å². The van der Waals surface area contributed by atoms with Crippen molar-refractivity contribution >= 4 is 11.4 Å². The van der Waals surface area contributed by atoms with E-state index >= 15 is 0 Å². The molecule has 1 unspecified atom stereocenters. The van der Waals surface area contributed by atoms with Crippen molar-refractivity contribution in [3.05, 3.63) is 33.9 Å². The van der Waals surface area contributed by atoms with Crippen molar-refractivity contribution < 1.29 is 13.7 Å². The van der Waals surface area contributed by atoms with Crippen molar-refractivity contribution in [2.24, 2.45) is 0 Å². The largest absolute Gasteiger partial charge is 0.365 e. The van der Waals surface area contributed by atoms with Crippen LogP contribution in [0.3, 0.4) is 0 Å². The van der Waals surface area contributed by atoms with E-state index in [1.807, 2.05) is 14.0 Å². The Labute approximate surface area is 115 Å². The topological polar surface area (TPSA) is 49.6 Å². The van der Waals surface area contributed by atoms with Gasteiger partial charge in [0.25, 0.3) is 5.69 Å². The fourth-order valence-electron chi connectivity index (χ4n) is 2.52. The second-order valence-corrected chi connectivity index (χ2v) is 4.98. The molecular formula is C13H17F2N3O2. The highest BCUT2D eigenvalue weighted by Gasteiger charge is 2.29. The molecule has 1 heterocycles. The first kappa shape index (κ1) is 14.6. The molecule has 7 heteroatoms. The molecule has 0 radical (unpaired) electrons. The summed E-state index contributed by atoms with van der Waals surface area (Å²) in [7, 11) is 1.97. The highest BCUT2D eigenvalue weighted by molar-refractivity contribution is 5.54. The van der Waals surface area contributed by atoms with Gasteiger partial charge in [-0.15, -0.1) is 0 Å². The molecule has 1 aromatic carbocycles. The minimum Gasteiger partial charge on any atom is -0.365 e. The van der Waals surface area contributed by atoms with E-state index in [4.69, 9.17) is 0 Å². The summed E-state index contributed by atoms with van der Waals surface area (Å²) in [5.74, 6) is -1.76. The summed E-state index contributed by atoms with van der Waals surface area (Å²) < 4.78 is 27.9. The van der Waals surface area contributed by atoms with Crippen LogP contribution >= 0.6 is 0 Å². The second kappa shape index (κ2) is 5.70. The first-order chi connectivity index (χ1) is 9.43. The number of hydrogen-bond donors (Lipinski definition) is 0. The Hall–Kier alpha value is -1.76. The molecule has 0 aromatic heterocycles. The highest BCUT2D eigenvalue weighted by atomic mass is 19.1. The average Bonchev–Trinajstić information content (AvgIpc) is 2.86. The zero-order valence-corrected chi connectivity index (χ0v) is 11.5. The molecule has 0 bridgehead atoms. The summed E-state index contributed by atoms with van der Waals surface area (Å²) in [4.78, 5) is 13.5. The van der Waals surface area contributed by atoms with Crippen LogP contribution < -0.4 is 4.90 Å². The van der Waals surface area contributed by atoms with Gasteiger partial charge >= 0.3 is 0 Å². The summed E-state index contributed by atoms with van der Waals surface area (Å²) in [6.07, 6.45) is 0.820. The SMILES string of the molecule is CCN(C)C1CCN(c2c(F)cc([N+](=O)[O-])cc2F)C1. The first-order valence-corrected chi connectivity index (χ1v) is 6.52.